The van der Waals surface area contributed by atoms with Crippen molar-refractivity contribution < 1.29 is 19.1 Å². The number of rotatable bonds is 7. The van der Waals surface area contributed by atoms with Crippen molar-refractivity contribution in [1.82, 2.24) is 5.32 Å². The monoisotopic (exact) mass is 342 g/mol. The topological polar surface area (TPSA) is 67.9 Å². The molecule has 0 aromatic heterocycles. The van der Waals surface area contributed by atoms with Gasteiger partial charge in [-0.3, -0.25) is 9.59 Å². The number of anilines is 1. The van der Waals surface area contributed by atoms with Crippen molar-refractivity contribution in [1.29, 1.82) is 0 Å². The van der Waals surface area contributed by atoms with Gasteiger partial charge in [0, 0.05) is 20.0 Å². The molecule has 2 rings (SSSR count). The minimum absolute atomic E-state index is 0.129. The van der Waals surface area contributed by atoms with E-state index in [2.05, 4.69) is 5.32 Å². The average Bonchev–Trinajstić information content (AvgIpc) is 2.64. The normalized spacial score (nSPS) is 10.0. The molecule has 0 heterocycles. The smallest absolute Gasteiger partial charge is 0.255 e. The van der Waals surface area contributed by atoms with Gasteiger partial charge in [0.15, 0.2) is 0 Å². The Kier molecular flexibility index (Phi) is 6.39. The molecule has 0 fully saturated rings. The third kappa shape index (κ3) is 4.50. The van der Waals surface area contributed by atoms with E-state index in [0.29, 0.717) is 35.8 Å². The Morgan fingerprint density at radius 3 is 2.20 bits per heavy atom. The van der Waals surface area contributed by atoms with Gasteiger partial charge in [-0.25, -0.2) is 0 Å². The van der Waals surface area contributed by atoms with E-state index in [1.807, 2.05) is 18.2 Å². The summed E-state index contributed by atoms with van der Waals surface area (Å²) in [6.07, 6.45) is 0. The quantitative estimate of drug-likeness (QED) is 0.839. The second-order valence-corrected chi connectivity index (χ2v) is 5.30. The van der Waals surface area contributed by atoms with Gasteiger partial charge in [-0.15, -0.1) is 0 Å². The SMILES string of the molecule is COc1ccccc1C(=O)NCCN(C(C)=O)c1ccccc1OC. The summed E-state index contributed by atoms with van der Waals surface area (Å²) in [5.74, 6) is 0.735. The van der Waals surface area contributed by atoms with Gasteiger partial charge in [0.2, 0.25) is 5.91 Å². The lowest BCUT2D eigenvalue weighted by molar-refractivity contribution is -0.116. The van der Waals surface area contributed by atoms with Crippen LogP contribution in [0.15, 0.2) is 48.5 Å². The van der Waals surface area contributed by atoms with Gasteiger partial charge in [0.1, 0.15) is 11.5 Å². The zero-order chi connectivity index (χ0) is 18.2. The van der Waals surface area contributed by atoms with Crippen molar-refractivity contribution in [3.8, 4) is 11.5 Å². The molecular formula is C19H22N2O4. The molecule has 0 saturated heterocycles. The number of nitrogens with one attached hydrogen (secondary N) is 1. The predicted molar refractivity (Wildman–Crippen MR) is 96.3 cm³/mol. The average molecular weight is 342 g/mol. The van der Waals surface area contributed by atoms with Gasteiger partial charge in [-0.05, 0) is 24.3 Å². The van der Waals surface area contributed by atoms with E-state index in [1.165, 1.54) is 14.0 Å². The zero-order valence-corrected chi connectivity index (χ0v) is 14.6. The van der Waals surface area contributed by atoms with Crippen LogP contribution in [0.5, 0.6) is 11.5 Å². The van der Waals surface area contributed by atoms with Crippen LogP contribution in [0.4, 0.5) is 5.69 Å². The number of hydrogen-bond donors (Lipinski definition) is 1. The van der Waals surface area contributed by atoms with E-state index in [9.17, 15) is 9.59 Å². The Morgan fingerprint density at radius 1 is 0.960 bits per heavy atom. The molecule has 6 nitrogen and oxygen atoms in total. The van der Waals surface area contributed by atoms with Crippen LogP contribution < -0.4 is 19.7 Å². The van der Waals surface area contributed by atoms with Crippen LogP contribution in [0, 0.1) is 0 Å². The lowest BCUT2D eigenvalue weighted by atomic mass is 10.2. The first-order valence-corrected chi connectivity index (χ1v) is 7.90. The molecule has 6 heteroatoms. The van der Waals surface area contributed by atoms with E-state index < -0.39 is 0 Å². The highest BCUT2D eigenvalue weighted by molar-refractivity contribution is 5.97. The summed E-state index contributed by atoms with van der Waals surface area (Å²) < 4.78 is 10.5. The van der Waals surface area contributed by atoms with Crippen molar-refractivity contribution in [2.75, 3.05) is 32.2 Å². The fraction of sp³-hybridized carbons (Fsp3) is 0.263. The first kappa shape index (κ1) is 18.3. The summed E-state index contributed by atoms with van der Waals surface area (Å²) in [4.78, 5) is 25.9. The molecule has 25 heavy (non-hydrogen) atoms. The molecule has 2 aromatic carbocycles. The number of hydrogen-bond acceptors (Lipinski definition) is 4. The summed E-state index contributed by atoms with van der Waals surface area (Å²) in [6.45, 7) is 2.11. The Bertz CT molecular complexity index is 746. The van der Waals surface area contributed by atoms with Gasteiger partial charge in [0.25, 0.3) is 5.91 Å². The Labute approximate surface area is 147 Å². The van der Waals surface area contributed by atoms with Gasteiger partial charge in [0.05, 0.1) is 25.5 Å². The zero-order valence-electron chi connectivity index (χ0n) is 14.6. The molecule has 0 aliphatic carbocycles. The number of ether oxygens (including phenoxy) is 2. The summed E-state index contributed by atoms with van der Waals surface area (Å²) in [6, 6.07) is 14.3. The maximum atomic E-state index is 12.3. The third-order valence-electron chi connectivity index (χ3n) is 3.73. The molecular weight excluding hydrogens is 320 g/mol. The lowest BCUT2D eigenvalue weighted by Gasteiger charge is -2.23. The first-order chi connectivity index (χ1) is 12.1. The highest BCUT2D eigenvalue weighted by Gasteiger charge is 2.16. The number of para-hydroxylation sites is 3. The molecule has 2 amide bonds. The lowest BCUT2D eigenvalue weighted by Crippen LogP contribution is -2.37. The van der Waals surface area contributed by atoms with Crippen molar-refractivity contribution >= 4 is 17.5 Å². The fourth-order valence-electron chi connectivity index (χ4n) is 2.51. The van der Waals surface area contributed by atoms with Crippen molar-refractivity contribution in [3.63, 3.8) is 0 Å². The number of amides is 2. The number of methoxy groups -OCH3 is 2. The Balaban J connectivity index is 2.05. The molecule has 0 bridgehead atoms. The summed E-state index contributed by atoms with van der Waals surface area (Å²) in [5.41, 5.74) is 1.13. The van der Waals surface area contributed by atoms with Crippen LogP contribution in [-0.2, 0) is 4.79 Å². The largest absolute Gasteiger partial charge is 0.496 e. The maximum Gasteiger partial charge on any atom is 0.255 e. The fourth-order valence-corrected chi connectivity index (χ4v) is 2.51. The summed E-state index contributed by atoms with van der Waals surface area (Å²) in [5, 5.41) is 2.81. The third-order valence-corrected chi connectivity index (χ3v) is 3.73. The molecule has 0 unspecified atom stereocenters. The molecule has 0 spiro atoms. The number of carbonyl (C=O) groups excluding carboxylic acids is 2. The molecule has 0 radical (unpaired) electrons. The molecule has 0 aliphatic rings. The van der Waals surface area contributed by atoms with E-state index in [4.69, 9.17) is 9.47 Å². The number of benzene rings is 2. The number of carbonyl (C=O) groups is 2. The van der Waals surface area contributed by atoms with Gasteiger partial charge in [-0.1, -0.05) is 24.3 Å². The Hall–Kier alpha value is -3.02. The van der Waals surface area contributed by atoms with Gasteiger partial charge < -0.3 is 19.7 Å². The van der Waals surface area contributed by atoms with Crippen LogP contribution in [0.1, 0.15) is 17.3 Å². The highest BCUT2D eigenvalue weighted by Crippen LogP contribution is 2.27. The second-order valence-electron chi connectivity index (χ2n) is 5.30. The van der Waals surface area contributed by atoms with Crippen LogP contribution in [0.3, 0.4) is 0 Å². The standard InChI is InChI=1S/C19H22N2O4/c1-14(22)21(16-9-5-7-11-18(16)25-3)13-12-20-19(23)15-8-4-6-10-17(15)24-2/h4-11H,12-13H2,1-3H3,(H,20,23). The van der Waals surface area contributed by atoms with Crippen molar-refractivity contribution in [2.45, 2.75) is 6.92 Å². The molecule has 132 valence electrons. The molecule has 0 atom stereocenters. The Morgan fingerprint density at radius 2 is 1.56 bits per heavy atom. The summed E-state index contributed by atoms with van der Waals surface area (Å²) in [7, 11) is 3.08. The van der Waals surface area contributed by atoms with Gasteiger partial charge in [-0.2, -0.15) is 0 Å². The van der Waals surface area contributed by atoms with E-state index in [0.717, 1.165) is 0 Å². The van der Waals surface area contributed by atoms with Crippen molar-refractivity contribution in [3.05, 3.63) is 54.1 Å². The van der Waals surface area contributed by atoms with Crippen LogP contribution in [-0.4, -0.2) is 39.1 Å². The molecule has 0 aliphatic heterocycles. The van der Waals surface area contributed by atoms with E-state index in [1.54, 1.807) is 42.3 Å². The van der Waals surface area contributed by atoms with E-state index in [-0.39, 0.29) is 11.8 Å². The molecule has 1 N–H and O–H groups in total. The highest BCUT2D eigenvalue weighted by atomic mass is 16.5. The molecule has 2 aromatic rings. The van der Waals surface area contributed by atoms with Crippen LogP contribution in [0.25, 0.3) is 0 Å². The van der Waals surface area contributed by atoms with Crippen LogP contribution >= 0.6 is 0 Å². The van der Waals surface area contributed by atoms with Crippen molar-refractivity contribution in [2.24, 2.45) is 0 Å². The molecule has 0 saturated carbocycles. The number of nitrogens with zero attached hydrogens (tertiary/aromatic N) is 1. The van der Waals surface area contributed by atoms with Gasteiger partial charge >= 0.3 is 0 Å². The minimum Gasteiger partial charge on any atom is -0.496 e. The maximum absolute atomic E-state index is 12.3. The minimum atomic E-state index is -0.249. The second kappa shape index (κ2) is 8.73. The predicted octanol–water partition coefficient (Wildman–Crippen LogP) is 2.49. The van der Waals surface area contributed by atoms with Crippen LogP contribution in [0.2, 0.25) is 0 Å². The summed E-state index contributed by atoms with van der Waals surface area (Å²) >= 11 is 0. The van der Waals surface area contributed by atoms with E-state index >= 15 is 0 Å². The first-order valence-electron chi connectivity index (χ1n) is 7.90.